The summed E-state index contributed by atoms with van der Waals surface area (Å²) in [4.78, 5) is 0.392. The summed E-state index contributed by atoms with van der Waals surface area (Å²) in [5.41, 5.74) is 0.695. The molecule has 5 heteroatoms. The van der Waals surface area contributed by atoms with E-state index in [1.165, 1.54) is 0 Å². The molecule has 1 aromatic rings. The summed E-state index contributed by atoms with van der Waals surface area (Å²) in [5, 5.41) is 3.14. The van der Waals surface area contributed by atoms with Crippen molar-refractivity contribution >= 4 is 15.7 Å². The number of hydrogen-bond donors (Lipinski definition) is 1. The van der Waals surface area contributed by atoms with Gasteiger partial charge in [0.25, 0.3) is 0 Å². The minimum atomic E-state index is -3.41. The predicted molar refractivity (Wildman–Crippen MR) is 82.3 cm³/mol. The Hall–Kier alpha value is -1.07. The fourth-order valence-electron chi connectivity index (χ4n) is 2.97. The first-order chi connectivity index (χ1) is 9.45. The van der Waals surface area contributed by atoms with Gasteiger partial charge in [-0.1, -0.05) is 26.0 Å². The fourth-order valence-corrected chi connectivity index (χ4v) is 4.82. The summed E-state index contributed by atoms with van der Waals surface area (Å²) < 4.78 is 27.4. The molecule has 1 fully saturated rings. The highest BCUT2D eigenvalue weighted by atomic mass is 32.2. The normalized spacial score (nSPS) is 24.6. The van der Waals surface area contributed by atoms with Gasteiger partial charge in [0.1, 0.15) is 4.90 Å². The lowest BCUT2D eigenvalue weighted by Crippen LogP contribution is -2.42. The van der Waals surface area contributed by atoms with Crippen LogP contribution in [0.2, 0.25) is 0 Å². The average molecular weight is 296 g/mol. The molecule has 20 heavy (non-hydrogen) atoms. The van der Waals surface area contributed by atoms with Gasteiger partial charge >= 0.3 is 0 Å². The Morgan fingerprint density at radius 1 is 1.20 bits per heavy atom. The van der Waals surface area contributed by atoms with Gasteiger partial charge in [-0.25, -0.2) is 8.42 Å². The van der Waals surface area contributed by atoms with Crippen LogP contribution in [0.25, 0.3) is 0 Å². The fraction of sp³-hybridized carbons (Fsp3) is 0.600. The van der Waals surface area contributed by atoms with Crippen molar-refractivity contribution in [1.82, 2.24) is 4.31 Å². The molecule has 0 aliphatic carbocycles. The van der Waals surface area contributed by atoms with E-state index in [4.69, 9.17) is 0 Å². The molecule has 2 unspecified atom stereocenters. The van der Waals surface area contributed by atoms with Crippen LogP contribution in [-0.4, -0.2) is 32.4 Å². The number of sulfonamides is 1. The lowest BCUT2D eigenvalue weighted by Gasteiger charge is -2.34. The highest BCUT2D eigenvalue weighted by molar-refractivity contribution is 7.89. The zero-order chi connectivity index (χ0) is 14.8. The van der Waals surface area contributed by atoms with Crippen molar-refractivity contribution in [1.29, 1.82) is 0 Å². The highest BCUT2D eigenvalue weighted by Crippen LogP contribution is 2.29. The van der Waals surface area contributed by atoms with Gasteiger partial charge in [0.2, 0.25) is 10.0 Å². The molecule has 0 aromatic heterocycles. The molecule has 1 saturated heterocycles. The summed E-state index contributed by atoms with van der Waals surface area (Å²) >= 11 is 0. The van der Waals surface area contributed by atoms with Gasteiger partial charge in [-0.3, -0.25) is 0 Å². The maximum absolute atomic E-state index is 12.9. The molecular weight excluding hydrogens is 272 g/mol. The number of nitrogens with one attached hydrogen (secondary N) is 1. The quantitative estimate of drug-likeness (QED) is 0.929. The first kappa shape index (κ1) is 15.3. The second kappa shape index (κ2) is 6.14. The van der Waals surface area contributed by atoms with Crippen LogP contribution < -0.4 is 5.32 Å². The van der Waals surface area contributed by atoms with E-state index >= 15 is 0 Å². The molecular formula is C15H24N2O2S. The predicted octanol–water partition coefficient (Wildman–Crippen LogP) is 2.79. The van der Waals surface area contributed by atoms with Gasteiger partial charge in [0, 0.05) is 19.6 Å². The van der Waals surface area contributed by atoms with Gasteiger partial charge in [-0.15, -0.1) is 0 Å². The van der Waals surface area contributed by atoms with Crippen molar-refractivity contribution in [3.05, 3.63) is 24.3 Å². The number of rotatable bonds is 4. The first-order valence-corrected chi connectivity index (χ1v) is 8.72. The van der Waals surface area contributed by atoms with E-state index in [0.717, 1.165) is 6.42 Å². The molecule has 1 aliphatic rings. The van der Waals surface area contributed by atoms with Crippen LogP contribution in [0.4, 0.5) is 5.69 Å². The smallest absolute Gasteiger partial charge is 0.245 e. The van der Waals surface area contributed by atoms with E-state index in [1.54, 1.807) is 16.4 Å². The van der Waals surface area contributed by atoms with E-state index in [2.05, 4.69) is 19.2 Å². The topological polar surface area (TPSA) is 49.4 Å². The Labute approximate surface area is 122 Å². The third-order valence-corrected chi connectivity index (χ3v) is 5.60. The Morgan fingerprint density at radius 2 is 1.80 bits per heavy atom. The average Bonchev–Trinajstić information content (AvgIpc) is 2.38. The van der Waals surface area contributed by atoms with Crippen molar-refractivity contribution in [2.24, 2.45) is 11.8 Å². The van der Waals surface area contributed by atoms with E-state index in [9.17, 15) is 8.42 Å². The molecule has 0 amide bonds. The third kappa shape index (κ3) is 3.15. The lowest BCUT2D eigenvalue weighted by molar-refractivity contribution is 0.222. The van der Waals surface area contributed by atoms with Crippen molar-refractivity contribution in [2.75, 3.05) is 25.0 Å². The molecule has 1 N–H and O–H groups in total. The van der Waals surface area contributed by atoms with Gasteiger partial charge in [0.05, 0.1) is 5.69 Å². The van der Waals surface area contributed by atoms with E-state index < -0.39 is 10.0 Å². The van der Waals surface area contributed by atoms with Crippen molar-refractivity contribution < 1.29 is 8.42 Å². The molecule has 0 spiro atoms. The zero-order valence-corrected chi connectivity index (χ0v) is 13.3. The largest absolute Gasteiger partial charge is 0.384 e. The Balaban J connectivity index is 2.35. The number of benzene rings is 1. The van der Waals surface area contributed by atoms with Crippen LogP contribution in [-0.2, 0) is 10.0 Å². The molecule has 0 bridgehead atoms. The summed E-state index contributed by atoms with van der Waals surface area (Å²) in [6, 6.07) is 7.16. The number of hydrogen-bond acceptors (Lipinski definition) is 3. The summed E-state index contributed by atoms with van der Waals surface area (Å²) in [7, 11) is -3.41. The highest BCUT2D eigenvalue weighted by Gasteiger charge is 2.32. The van der Waals surface area contributed by atoms with Gasteiger partial charge in [-0.05, 0) is 37.3 Å². The summed E-state index contributed by atoms with van der Waals surface area (Å²) in [6.45, 7) is 8.15. The molecule has 2 atom stereocenters. The Kier molecular flexibility index (Phi) is 4.70. The lowest BCUT2D eigenvalue weighted by atomic mass is 9.94. The van der Waals surface area contributed by atoms with Crippen LogP contribution in [0.3, 0.4) is 0 Å². The molecule has 2 rings (SSSR count). The number of nitrogens with zero attached hydrogens (tertiary/aromatic N) is 1. The zero-order valence-electron chi connectivity index (χ0n) is 12.5. The minimum absolute atomic E-state index is 0.392. The first-order valence-electron chi connectivity index (χ1n) is 7.28. The van der Waals surface area contributed by atoms with E-state index in [0.29, 0.717) is 42.1 Å². The van der Waals surface area contributed by atoms with Crippen LogP contribution in [0.15, 0.2) is 29.2 Å². The maximum atomic E-state index is 12.9. The second-order valence-electron chi connectivity index (χ2n) is 5.79. The number of anilines is 1. The Bertz CT molecular complexity index is 547. The monoisotopic (exact) mass is 296 g/mol. The molecule has 1 aliphatic heterocycles. The molecule has 0 radical (unpaired) electrons. The number of para-hydroxylation sites is 1. The molecule has 0 saturated carbocycles. The molecule has 112 valence electrons. The van der Waals surface area contributed by atoms with Gasteiger partial charge in [0.15, 0.2) is 0 Å². The SMILES string of the molecule is CCNc1ccccc1S(=O)(=O)N1CC(C)CC(C)C1. The Morgan fingerprint density at radius 3 is 2.40 bits per heavy atom. The van der Waals surface area contributed by atoms with Crippen LogP contribution in [0, 0.1) is 11.8 Å². The van der Waals surface area contributed by atoms with E-state index in [-0.39, 0.29) is 0 Å². The summed E-state index contributed by atoms with van der Waals surface area (Å²) in [5.74, 6) is 0.833. The van der Waals surface area contributed by atoms with Crippen LogP contribution >= 0.6 is 0 Å². The summed E-state index contributed by atoms with van der Waals surface area (Å²) in [6.07, 6.45) is 1.10. The second-order valence-corrected chi connectivity index (χ2v) is 7.70. The van der Waals surface area contributed by atoms with Crippen molar-refractivity contribution in [3.8, 4) is 0 Å². The molecule has 4 nitrogen and oxygen atoms in total. The van der Waals surface area contributed by atoms with E-state index in [1.807, 2.05) is 19.1 Å². The molecule has 1 heterocycles. The van der Waals surface area contributed by atoms with Crippen LogP contribution in [0.1, 0.15) is 27.2 Å². The molecule has 1 aromatic carbocycles. The minimum Gasteiger partial charge on any atom is -0.384 e. The standard InChI is InChI=1S/C15H24N2O2S/c1-4-16-14-7-5-6-8-15(14)20(18,19)17-10-12(2)9-13(3)11-17/h5-8,12-13,16H,4,9-11H2,1-3H3. The van der Waals surface area contributed by atoms with Crippen LogP contribution in [0.5, 0.6) is 0 Å². The number of piperidine rings is 1. The van der Waals surface area contributed by atoms with Crippen molar-refractivity contribution in [3.63, 3.8) is 0 Å². The van der Waals surface area contributed by atoms with Crippen molar-refractivity contribution in [2.45, 2.75) is 32.1 Å². The van der Waals surface area contributed by atoms with Gasteiger partial charge in [-0.2, -0.15) is 4.31 Å². The maximum Gasteiger partial charge on any atom is 0.245 e. The van der Waals surface area contributed by atoms with Gasteiger partial charge < -0.3 is 5.32 Å². The third-order valence-electron chi connectivity index (χ3n) is 3.71.